The van der Waals surface area contributed by atoms with Crippen LogP contribution >= 0.6 is 0 Å². The molecule has 6 heteroatoms. The summed E-state index contributed by atoms with van der Waals surface area (Å²) >= 11 is 0. The van der Waals surface area contributed by atoms with Crippen LogP contribution in [0.1, 0.15) is 29.1 Å². The Morgan fingerprint density at radius 1 is 1.23 bits per heavy atom. The molecule has 0 spiro atoms. The van der Waals surface area contributed by atoms with E-state index in [1.165, 1.54) is 0 Å². The van der Waals surface area contributed by atoms with Crippen LogP contribution in [0.4, 0.5) is 0 Å². The summed E-state index contributed by atoms with van der Waals surface area (Å²) in [7, 11) is 0. The van der Waals surface area contributed by atoms with Gasteiger partial charge < -0.3 is 5.32 Å². The molecule has 0 unspecified atom stereocenters. The number of carbonyl (C=O) groups excluding carboxylic acids is 1. The quantitative estimate of drug-likeness (QED) is 0.773. The summed E-state index contributed by atoms with van der Waals surface area (Å²) in [5.41, 5.74) is 2.75. The second-order valence-electron chi connectivity index (χ2n) is 4.86. The van der Waals surface area contributed by atoms with Crippen molar-refractivity contribution in [3.63, 3.8) is 0 Å². The lowest BCUT2D eigenvalue weighted by Crippen LogP contribution is -2.27. The average molecular weight is 293 g/mol. The molecule has 0 bridgehead atoms. The first-order chi connectivity index (χ1) is 10.7. The van der Waals surface area contributed by atoms with E-state index in [1.807, 2.05) is 37.3 Å². The fraction of sp³-hybridized carbons (Fsp3) is 0.125. The zero-order valence-corrected chi connectivity index (χ0v) is 12.0. The fourth-order valence-electron chi connectivity index (χ4n) is 2.08. The molecule has 0 aliphatic heterocycles. The highest BCUT2D eigenvalue weighted by Crippen LogP contribution is 2.16. The van der Waals surface area contributed by atoms with Gasteiger partial charge in [-0.15, -0.1) is 0 Å². The number of nitrogens with one attached hydrogen (secondary N) is 2. The Morgan fingerprint density at radius 2 is 2.14 bits per heavy atom. The number of aromatic amines is 1. The summed E-state index contributed by atoms with van der Waals surface area (Å²) in [6, 6.07) is 10.8. The number of H-pyrrole nitrogens is 1. The van der Waals surface area contributed by atoms with Crippen molar-refractivity contribution >= 4 is 5.91 Å². The van der Waals surface area contributed by atoms with E-state index >= 15 is 0 Å². The van der Waals surface area contributed by atoms with Crippen molar-refractivity contribution in [2.75, 3.05) is 0 Å². The molecule has 2 N–H and O–H groups in total. The Labute approximate surface area is 127 Å². The molecular weight excluding hydrogens is 278 g/mol. The van der Waals surface area contributed by atoms with Crippen LogP contribution in [0.3, 0.4) is 0 Å². The van der Waals surface area contributed by atoms with Gasteiger partial charge in [-0.05, 0) is 37.3 Å². The zero-order valence-electron chi connectivity index (χ0n) is 12.0. The van der Waals surface area contributed by atoms with Crippen molar-refractivity contribution in [3.8, 4) is 11.3 Å². The lowest BCUT2D eigenvalue weighted by Gasteiger charge is -2.12. The Kier molecular flexibility index (Phi) is 3.91. The Bertz CT molecular complexity index is 754. The minimum Gasteiger partial charge on any atom is -0.343 e. The molecule has 0 aliphatic carbocycles. The Hall–Kier alpha value is -3.02. The van der Waals surface area contributed by atoms with Gasteiger partial charge >= 0.3 is 0 Å². The molecule has 3 aromatic rings. The van der Waals surface area contributed by atoms with Gasteiger partial charge in [0.15, 0.2) is 0 Å². The third-order valence-corrected chi connectivity index (χ3v) is 3.26. The maximum Gasteiger partial charge on any atom is 0.269 e. The van der Waals surface area contributed by atoms with Gasteiger partial charge in [-0.3, -0.25) is 19.9 Å². The molecule has 0 aromatic carbocycles. The van der Waals surface area contributed by atoms with Crippen molar-refractivity contribution in [1.82, 2.24) is 25.5 Å². The first-order valence-corrected chi connectivity index (χ1v) is 6.91. The first-order valence-electron chi connectivity index (χ1n) is 6.91. The third kappa shape index (κ3) is 3.01. The summed E-state index contributed by atoms with van der Waals surface area (Å²) in [6.07, 6.45) is 5.10. The minimum absolute atomic E-state index is 0.182. The van der Waals surface area contributed by atoms with Crippen LogP contribution in [0, 0.1) is 0 Å². The topological polar surface area (TPSA) is 83.6 Å². The number of rotatable bonds is 4. The third-order valence-electron chi connectivity index (χ3n) is 3.26. The number of pyridine rings is 2. The van der Waals surface area contributed by atoms with Gasteiger partial charge in [-0.25, -0.2) is 0 Å². The smallest absolute Gasteiger partial charge is 0.269 e. The van der Waals surface area contributed by atoms with E-state index < -0.39 is 0 Å². The number of hydrogen-bond acceptors (Lipinski definition) is 4. The second kappa shape index (κ2) is 6.17. The van der Waals surface area contributed by atoms with Gasteiger partial charge in [0.25, 0.3) is 5.91 Å². The van der Waals surface area contributed by atoms with Crippen molar-refractivity contribution in [2.24, 2.45) is 0 Å². The van der Waals surface area contributed by atoms with Gasteiger partial charge in [0.2, 0.25) is 0 Å². The van der Waals surface area contributed by atoms with Crippen molar-refractivity contribution in [1.29, 1.82) is 0 Å². The Morgan fingerprint density at radius 3 is 2.86 bits per heavy atom. The van der Waals surface area contributed by atoms with Crippen LogP contribution in [-0.4, -0.2) is 26.1 Å². The van der Waals surface area contributed by atoms with Gasteiger partial charge in [0, 0.05) is 24.2 Å². The van der Waals surface area contributed by atoms with Crippen molar-refractivity contribution in [3.05, 3.63) is 66.4 Å². The fourth-order valence-corrected chi connectivity index (χ4v) is 2.08. The lowest BCUT2D eigenvalue weighted by atomic mass is 10.2. The molecule has 6 nitrogen and oxygen atoms in total. The van der Waals surface area contributed by atoms with E-state index in [1.54, 1.807) is 24.7 Å². The van der Waals surface area contributed by atoms with Crippen LogP contribution in [0.2, 0.25) is 0 Å². The van der Waals surface area contributed by atoms with Gasteiger partial charge in [0.05, 0.1) is 17.4 Å². The van der Waals surface area contributed by atoms with Crippen LogP contribution in [-0.2, 0) is 0 Å². The number of aromatic nitrogens is 4. The van der Waals surface area contributed by atoms with E-state index in [0.717, 1.165) is 11.3 Å². The van der Waals surface area contributed by atoms with Gasteiger partial charge in [-0.2, -0.15) is 5.10 Å². The molecule has 3 heterocycles. The number of nitrogens with zero attached hydrogens (tertiary/aromatic N) is 3. The van der Waals surface area contributed by atoms with E-state index in [0.29, 0.717) is 11.4 Å². The molecule has 0 saturated carbocycles. The molecule has 0 radical (unpaired) electrons. The highest BCUT2D eigenvalue weighted by Gasteiger charge is 2.15. The summed E-state index contributed by atoms with van der Waals surface area (Å²) in [5, 5.41) is 9.79. The molecule has 1 atom stereocenters. The maximum absolute atomic E-state index is 12.2. The van der Waals surface area contributed by atoms with Gasteiger partial charge in [-0.1, -0.05) is 6.07 Å². The van der Waals surface area contributed by atoms with Crippen LogP contribution in [0.25, 0.3) is 11.3 Å². The molecule has 0 aliphatic rings. The molecule has 110 valence electrons. The molecule has 22 heavy (non-hydrogen) atoms. The summed E-state index contributed by atoms with van der Waals surface area (Å²) in [4.78, 5) is 20.5. The van der Waals surface area contributed by atoms with Gasteiger partial charge in [0.1, 0.15) is 5.69 Å². The SMILES string of the molecule is C[C@@H](NC(=O)c1cc(-c2cccnc2)n[nH]1)c1ccccn1. The molecular formula is C16H15N5O. The van der Waals surface area contributed by atoms with Crippen molar-refractivity contribution < 1.29 is 4.79 Å². The molecule has 3 rings (SSSR count). The molecule has 0 fully saturated rings. The monoisotopic (exact) mass is 293 g/mol. The number of hydrogen-bond donors (Lipinski definition) is 2. The Balaban J connectivity index is 1.72. The van der Waals surface area contributed by atoms with Crippen LogP contribution in [0.15, 0.2) is 55.0 Å². The summed E-state index contributed by atoms with van der Waals surface area (Å²) in [5.74, 6) is -0.221. The highest BCUT2D eigenvalue weighted by atomic mass is 16.2. The normalized spacial score (nSPS) is 11.9. The lowest BCUT2D eigenvalue weighted by molar-refractivity contribution is 0.0934. The zero-order chi connectivity index (χ0) is 15.4. The average Bonchev–Trinajstić information content (AvgIpc) is 3.06. The number of carbonyl (C=O) groups is 1. The summed E-state index contributed by atoms with van der Waals surface area (Å²) in [6.45, 7) is 1.89. The van der Waals surface area contributed by atoms with E-state index in [9.17, 15) is 4.79 Å². The standard InChI is InChI=1S/C16H15N5O/c1-11(13-6-2-3-8-18-13)19-16(22)15-9-14(20-21-15)12-5-4-7-17-10-12/h2-11H,1H3,(H,19,22)(H,20,21)/t11-/m1/s1. The maximum atomic E-state index is 12.2. The summed E-state index contributed by atoms with van der Waals surface area (Å²) < 4.78 is 0. The minimum atomic E-state index is -0.221. The second-order valence-corrected chi connectivity index (χ2v) is 4.86. The van der Waals surface area contributed by atoms with Crippen LogP contribution in [0.5, 0.6) is 0 Å². The highest BCUT2D eigenvalue weighted by molar-refractivity contribution is 5.93. The van der Waals surface area contributed by atoms with Crippen LogP contribution < -0.4 is 5.32 Å². The van der Waals surface area contributed by atoms with E-state index in [4.69, 9.17) is 0 Å². The van der Waals surface area contributed by atoms with E-state index in [-0.39, 0.29) is 11.9 Å². The molecule has 1 amide bonds. The molecule has 0 saturated heterocycles. The first kappa shape index (κ1) is 13.9. The molecule has 3 aromatic heterocycles. The van der Waals surface area contributed by atoms with E-state index in [2.05, 4.69) is 25.5 Å². The number of amides is 1. The van der Waals surface area contributed by atoms with Crippen molar-refractivity contribution in [2.45, 2.75) is 13.0 Å². The largest absolute Gasteiger partial charge is 0.343 e. The predicted octanol–water partition coefficient (Wildman–Crippen LogP) is 2.36. The predicted molar refractivity (Wildman–Crippen MR) is 81.9 cm³/mol.